The Morgan fingerprint density at radius 3 is 2.67 bits per heavy atom. The van der Waals surface area contributed by atoms with E-state index >= 15 is 0 Å². The van der Waals surface area contributed by atoms with Crippen LogP contribution in [0.5, 0.6) is 0 Å². The van der Waals surface area contributed by atoms with E-state index < -0.39 is 5.97 Å². The van der Waals surface area contributed by atoms with E-state index in [0.29, 0.717) is 6.54 Å². The van der Waals surface area contributed by atoms with E-state index in [-0.39, 0.29) is 19.2 Å². The van der Waals surface area contributed by atoms with E-state index in [9.17, 15) is 9.59 Å². The summed E-state index contributed by atoms with van der Waals surface area (Å²) in [7, 11) is 1.49. The second-order valence-electron chi connectivity index (χ2n) is 1.95. The number of carbonyl (C=O) groups is 2. The predicted octanol–water partition coefficient (Wildman–Crippen LogP) is -0.983. The summed E-state index contributed by atoms with van der Waals surface area (Å²) >= 11 is 0. The lowest BCUT2D eigenvalue weighted by molar-refractivity contribution is -0.142. The quantitative estimate of drug-likeness (QED) is 0.470. The topological polar surface area (TPSA) is 87.7 Å². The van der Waals surface area contributed by atoms with Gasteiger partial charge in [0.25, 0.3) is 0 Å². The van der Waals surface area contributed by atoms with Crippen LogP contribution in [-0.2, 0) is 9.53 Å². The van der Waals surface area contributed by atoms with Crippen molar-refractivity contribution in [1.29, 1.82) is 0 Å². The Kier molecular flexibility index (Phi) is 5.72. The first-order chi connectivity index (χ1) is 5.66. The second kappa shape index (κ2) is 6.41. The van der Waals surface area contributed by atoms with Crippen molar-refractivity contribution in [2.75, 3.05) is 26.8 Å². The number of rotatable bonds is 5. The molecule has 0 aromatic rings. The largest absolute Gasteiger partial charge is 0.480 e. The Labute approximate surface area is 69.9 Å². The van der Waals surface area contributed by atoms with Gasteiger partial charge in [-0.25, -0.2) is 9.59 Å². The third-order valence-electron chi connectivity index (χ3n) is 0.985. The second-order valence-corrected chi connectivity index (χ2v) is 1.95. The standard InChI is InChI=1S/C6H12N2O4/c1-7-6(11)8-2-3-12-4-5(9)10/h2-4H2,1H3,(H,9,10)(H2,7,8,11). The first kappa shape index (κ1) is 10.7. The number of hydrogen-bond acceptors (Lipinski definition) is 3. The molecule has 2 amide bonds. The van der Waals surface area contributed by atoms with Gasteiger partial charge < -0.3 is 20.5 Å². The minimum Gasteiger partial charge on any atom is -0.480 e. The zero-order valence-corrected chi connectivity index (χ0v) is 6.79. The predicted molar refractivity (Wildman–Crippen MR) is 40.9 cm³/mol. The van der Waals surface area contributed by atoms with Gasteiger partial charge in [0, 0.05) is 13.6 Å². The molecule has 0 fully saturated rings. The lowest BCUT2D eigenvalue weighted by Gasteiger charge is -2.03. The molecule has 0 aromatic carbocycles. The number of carbonyl (C=O) groups excluding carboxylic acids is 1. The van der Waals surface area contributed by atoms with Gasteiger partial charge in [-0.1, -0.05) is 0 Å². The van der Waals surface area contributed by atoms with Crippen LogP contribution in [0.15, 0.2) is 0 Å². The third-order valence-corrected chi connectivity index (χ3v) is 0.985. The number of carboxylic acid groups (broad SMARTS) is 1. The molecular weight excluding hydrogens is 164 g/mol. The molecule has 0 bridgehead atoms. The molecule has 0 heterocycles. The van der Waals surface area contributed by atoms with Crippen molar-refractivity contribution in [3.63, 3.8) is 0 Å². The molecule has 12 heavy (non-hydrogen) atoms. The van der Waals surface area contributed by atoms with Crippen LogP contribution in [0.2, 0.25) is 0 Å². The molecule has 6 heteroatoms. The fourth-order valence-electron chi connectivity index (χ4n) is 0.485. The average Bonchev–Trinajstić information content (AvgIpc) is 2.03. The molecule has 0 unspecified atom stereocenters. The number of aliphatic carboxylic acids is 1. The van der Waals surface area contributed by atoms with E-state index in [1.165, 1.54) is 7.05 Å². The highest BCUT2D eigenvalue weighted by Gasteiger charge is 1.97. The SMILES string of the molecule is CNC(=O)NCCOCC(=O)O. The molecule has 0 saturated heterocycles. The smallest absolute Gasteiger partial charge is 0.329 e. The lowest BCUT2D eigenvalue weighted by Crippen LogP contribution is -2.35. The summed E-state index contributed by atoms with van der Waals surface area (Å²) in [5.74, 6) is -1.02. The van der Waals surface area contributed by atoms with Gasteiger partial charge in [-0.2, -0.15) is 0 Å². The van der Waals surface area contributed by atoms with Crippen LogP contribution < -0.4 is 10.6 Å². The van der Waals surface area contributed by atoms with Crippen molar-refractivity contribution in [2.24, 2.45) is 0 Å². The number of amides is 2. The molecule has 0 atom stereocenters. The van der Waals surface area contributed by atoms with Crippen LogP contribution in [0.1, 0.15) is 0 Å². The zero-order valence-electron chi connectivity index (χ0n) is 6.79. The Morgan fingerprint density at radius 1 is 1.50 bits per heavy atom. The van der Waals surface area contributed by atoms with E-state index in [0.717, 1.165) is 0 Å². The number of nitrogens with one attached hydrogen (secondary N) is 2. The fourth-order valence-corrected chi connectivity index (χ4v) is 0.485. The molecule has 0 aromatic heterocycles. The number of ether oxygens (including phenoxy) is 1. The van der Waals surface area contributed by atoms with Gasteiger partial charge in [0.05, 0.1) is 6.61 Å². The molecule has 0 saturated carbocycles. The highest BCUT2D eigenvalue weighted by atomic mass is 16.5. The third kappa shape index (κ3) is 6.81. The summed E-state index contributed by atoms with van der Waals surface area (Å²) in [4.78, 5) is 20.4. The Morgan fingerprint density at radius 2 is 2.17 bits per heavy atom. The maximum atomic E-state index is 10.5. The number of carboxylic acids is 1. The zero-order chi connectivity index (χ0) is 9.40. The van der Waals surface area contributed by atoms with Gasteiger partial charge >= 0.3 is 12.0 Å². The van der Waals surface area contributed by atoms with E-state index in [2.05, 4.69) is 15.4 Å². The van der Waals surface area contributed by atoms with E-state index in [1.54, 1.807) is 0 Å². The van der Waals surface area contributed by atoms with E-state index in [4.69, 9.17) is 5.11 Å². The molecule has 0 rings (SSSR count). The average molecular weight is 176 g/mol. The van der Waals surface area contributed by atoms with Gasteiger partial charge in [-0.15, -0.1) is 0 Å². The molecule has 0 aliphatic heterocycles. The van der Waals surface area contributed by atoms with Gasteiger partial charge in [0.2, 0.25) is 0 Å². The van der Waals surface area contributed by atoms with Crippen molar-refractivity contribution in [3.8, 4) is 0 Å². The Bertz CT molecular complexity index is 160. The first-order valence-electron chi connectivity index (χ1n) is 3.42. The van der Waals surface area contributed by atoms with Crippen LogP contribution in [0, 0.1) is 0 Å². The van der Waals surface area contributed by atoms with Gasteiger partial charge in [0.15, 0.2) is 0 Å². The molecule has 3 N–H and O–H groups in total. The van der Waals surface area contributed by atoms with Crippen LogP contribution in [0.4, 0.5) is 4.79 Å². The van der Waals surface area contributed by atoms with Crippen LogP contribution >= 0.6 is 0 Å². The van der Waals surface area contributed by atoms with E-state index in [1.807, 2.05) is 0 Å². The molecule has 70 valence electrons. The van der Waals surface area contributed by atoms with Crippen LogP contribution in [-0.4, -0.2) is 43.9 Å². The normalized spacial score (nSPS) is 9.08. The van der Waals surface area contributed by atoms with Crippen molar-refractivity contribution in [1.82, 2.24) is 10.6 Å². The molecule has 0 spiro atoms. The Hall–Kier alpha value is -1.30. The van der Waals surface area contributed by atoms with Crippen molar-refractivity contribution in [3.05, 3.63) is 0 Å². The minimum atomic E-state index is -1.02. The molecule has 0 radical (unpaired) electrons. The molecule has 6 nitrogen and oxygen atoms in total. The van der Waals surface area contributed by atoms with Crippen LogP contribution in [0.3, 0.4) is 0 Å². The highest BCUT2D eigenvalue weighted by molar-refractivity contribution is 5.73. The maximum absolute atomic E-state index is 10.5. The fraction of sp³-hybridized carbons (Fsp3) is 0.667. The number of urea groups is 1. The Balaban J connectivity index is 3.11. The summed E-state index contributed by atoms with van der Waals surface area (Å²) in [5, 5.41) is 12.9. The minimum absolute atomic E-state index is 0.194. The lowest BCUT2D eigenvalue weighted by atomic mass is 10.6. The summed E-state index contributed by atoms with van der Waals surface area (Å²) in [5.41, 5.74) is 0. The molecule has 0 aliphatic carbocycles. The van der Waals surface area contributed by atoms with Crippen molar-refractivity contribution in [2.45, 2.75) is 0 Å². The number of hydrogen-bond donors (Lipinski definition) is 3. The molecule has 0 aliphatic rings. The maximum Gasteiger partial charge on any atom is 0.329 e. The van der Waals surface area contributed by atoms with Gasteiger partial charge in [0.1, 0.15) is 6.61 Å². The monoisotopic (exact) mass is 176 g/mol. The summed E-state index contributed by atoms with van der Waals surface area (Å²) in [6.07, 6.45) is 0. The van der Waals surface area contributed by atoms with Crippen molar-refractivity contribution < 1.29 is 19.4 Å². The summed E-state index contributed by atoms with van der Waals surface area (Å²) in [6, 6.07) is -0.311. The highest BCUT2D eigenvalue weighted by Crippen LogP contribution is 1.73. The van der Waals surface area contributed by atoms with Crippen molar-refractivity contribution >= 4 is 12.0 Å². The first-order valence-corrected chi connectivity index (χ1v) is 3.42. The summed E-state index contributed by atoms with van der Waals surface area (Å²) in [6.45, 7) is 0.155. The summed E-state index contributed by atoms with van der Waals surface area (Å²) < 4.78 is 4.65. The van der Waals surface area contributed by atoms with Gasteiger partial charge in [-0.05, 0) is 0 Å². The van der Waals surface area contributed by atoms with Crippen LogP contribution in [0.25, 0.3) is 0 Å². The molecular formula is C6H12N2O4. The van der Waals surface area contributed by atoms with Gasteiger partial charge in [-0.3, -0.25) is 0 Å².